The third kappa shape index (κ3) is 6.91. The highest BCUT2D eigenvalue weighted by Gasteiger charge is 2.11. The zero-order valence-corrected chi connectivity index (χ0v) is 14.9. The van der Waals surface area contributed by atoms with Gasteiger partial charge in [-0.3, -0.25) is 4.79 Å². The van der Waals surface area contributed by atoms with E-state index in [0.29, 0.717) is 6.54 Å². The minimum absolute atomic E-state index is 0.0689. The Hall–Kier alpha value is -2.44. The molecule has 1 N–H and O–H groups in total. The lowest BCUT2D eigenvalue weighted by Gasteiger charge is -2.17. The normalized spacial score (nSPS) is 11.6. The highest BCUT2D eigenvalue weighted by atomic mass is 32.2. The predicted octanol–water partition coefficient (Wildman–Crippen LogP) is 2.63. The molecule has 2 rings (SSSR count). The second kappa shape index (κ2) is 9.15. The molecule has 0 aliphatic heterocycles. The summed E-state index contributed by atoms with van der Waals surface area (Å²) in [5, 5.41) is 1.11. The molecular formula is C19H22N2O3S. The van der Waals surface area contributed by atoms with Crippen molar-refractivity contribution in [3.8, 4) is 0 Å². The highest BCUT2D eigenvalue weighted by molar-refractivity contribution is 7.92. The summed E-state index contributed by atoms with van der Waals surface area (Å²) >= 11 is 0. The Bertz CT molecular complexity index is 803. The van der Waals surface area contributed by atoms with Gasteiger partial charge in [0.05, 0.1) is 0 Å². The van der Waals surface area contributed by atoms with Crippen molar-refractivity contribution in [3.05, 3.63) is 77.2 Å². The zero-order valence-electron chi connectivity index (χ0n) is 14.1. The zero-order chi connectivity index (χ0) is 18.1. The van der Waals surface area contributed by atoms with Gasteiger partial charge in [0, 0.05) is 32.0 Å². The number of rotatable bonds is 8. The lowest BCUT2D eigenvalue weighted by molar-refractivity contribution is -0.130. The van der Waals surface area contributed by atoms with Crippen molar-refractivity contribution in [2.45, 2.75) is 13.0 Å². The Balaban J connectivity index is 1.78. The Morgan fingerprint density at radius 1 is 1.04 bits per heavy atom. The fourth-order valence-electron chi connectivity index (χ4n) is 2.22. The average molecular weight is 358 g/mol. The fraction of sp³-hybridized carbons (Fsp3) is 0.211. The maximum atomic E-state index is 12.1. The summed E-state index contributed by atoms with van der Waals surface area (Å²) in [6, 6.07) is 18.8. The van der Waals surface area contributed by atoms with Crippen LogP contribution in [0.1, 0.15) is 17.5 Å². The highest BCUT2D eigenvalue weighted by Crippen LogP contribution is 2.05. The number of nitrogens with zero attached hydrogens (tertiary/aromatic N) is 1. The van der Waals surface area contributed by atoms with E-state index in [1.165, 1.54) is 6.08 Å². The van der Waals surface area contributed by atoms with E-state index in [0.717, 1.165) is 16.5 Å². The maximum absolute atomic E-state index is 12.1. The number of hydrogen-bond acceptors (Lipinski definition) is 3. The van der Waals surface area contributed by atoms with Gasteiger partial charge in [0.2, 0.25) is 15.9 Å². The van der Waals surface area contributed by atoms with Crippen LogP contribution in [0.25, 0.3) is 6.08 Å². The van der Waals surface area contributed by atoms with Crippen molar-refractivity contribution >= 4 is 22.0 Å². The van der Waals surface area contributed by atoms with Crippen molar-refractivity contribution in [1.82, 2.24) is 9.62 Å². The first kappa shape index (κ1) is 18.9. The molecule has 2 aromatic carbocycles. The summed E-state index contributed by atoms with van der Waals surface area (Å²) < 4.78 is 26.3. The summed E-state index contributed by atoms with van der Waals surface area (Å²) in [5.74, 6) is -0.112. The van der Waals surface area contributed by atoms with Gasteiger partial charge in [-0.25, -0.2) is 13.1 Å². The molecule has 0 radical (unpaired) electrons. The van der Waals surface area contributed by atoms with Gasteiger partial charge in [0.25, 0.3) is 0 Å². The van der Waals surface area contributed by atoms with E-state index < -0.39 is 10.0 Å². The van der Waals surface area contributed by atoms with Crippen molar-refractivity contribution < 1.29 is 13.2 Å². The summed E-state index contributed by atoms with van der Waals surface area (Å²) in [4.78, 5) is 13.7. The van der Waals surface area contributed by atoms with Crippen LogP contribution in [0.3, 0.4) is 0 Å². The van der Waals surface area contributed by atoms with Gasteiger partial charge >= 0.3 is 0 Å². The van der Waals surface area contributed by atoms with Crippen LogP contribution in [0, 0.1) is 0 Å². The second-order valence-electron chi connectivity index (χ2n) is 5.64. The molecular weight excluding hydrogens is 336 g/mol. The van der Waals surface area contributed by atoms with Crippen molar-refractivity contribution in [2.24, 2.45) is 0 Å². The van der Waals surface area contributed by atoms with Crippen LogP contribution in [0.2, 0.25) is 0 Å². The van der Waals surface area contributed by atoms with Crippen LogP contribution in [0.5, 0.6) is 0 Å². The van der Waals surface area contributed by atoms with E-state index >= 15 is 0 Å². The molecule has 132 valence electrons. The molecule has 0 bridgehead atoms. The molecule has 0 aliphatic carbocycles. The Labute approximate surface area is 149 Å². The van der Waals surface area contributed by atoms with Gasteiger partial charge in [0.15, 0.2) is 0 Å². The van der Waals surface area contributed by atoms with E-state index in [1.54, 1.807) is 11.9 Å². The van der Waals surface area contributed by atoms with Crippen LogP contribution in [0.4, 0.5) is 0 Å². The Morgan fingerprint density at radius 2 is 1.64 bits per heavy atom. The van der Waals surface area contributed by atoms with Crippen LogP contribution in [-0.4, -0.2) is 32.8 Å². The van der Waals surface area contributed by atoms with E-state index in [4.69, 9.17) is 0 Å². The standard InChI is InChI=1S/C19H22N2O3S/c1-21(16-18-10-6-3-7-11-18)19(22)12-14-20-25(23,24)15-13-17-8-4-2-5-9-17/h2-11,13,15,20H,12,14,16H2,1H3/b15-13+. The largest absolute Gasteiger partial charge is 0.341 e. The number of amides is 1. The van der Waals surface area contributed by atoms with Gasteiger partial charge in [-0.2, -0.15) is 0 Å². The molecule has 2 aromatic rings. The van der Waals surface area contributed by atoms with Crippen molar-refractivity contribution in [1.29, 1.82) is 0 Å². The topological polar surface area (TPSA) is 66.5 Å². The van der Waals surface area contributed by atoms with Crippen molar-refractivity contribution in [2.75, 3.05) is 13.6 Å². The smallest absolute Gasteiger partial charge is 0.233 e. The summed E-state index contributed by atoms with van der Waals surface area (Å²) in [6.07, 6.45) is 1.63. The van der Waals surface area contributed by atoms with Gasteiger partial charge < -0.3 is 4.90 Å². The quantitative estimate of drug-likeness (QED) is 0.789. The van der Waals surface area contributed by atoms with Crippen LogP contribution >= 0.6 is 0 Å². The number of carbonyl (C=O) groups excluding carboxylic acids is 1. The van der Waals surface area contributed by atoms with E-state index in [2.05, 4.69) is 4.72 Å². The van der Waals surface area contributed by atoms with Gasteiger partial charge in [-0.05, 0) is 17.2 Å². The first-order valence-corrected chi connectivity index (χ1v) is 9.51. The third-order valence-electron chi connectivity index (χ3n) is 3.57. The third-order valence-corrected chi connectivity index (χ3v) is 4.67. The van der Waals surface area contributed by atoms with E-state index in [9.17, 15) is 13.2 Å². The van der Waals surface area contributed by atoms with Crippen molar-refractivity contribution in [3.63, 3.8) is 0 Å². The first-order chi connectivity index (χ1) is 12.0. The van der Waals surface area contributed by atoms with Gasteiger partial charge in [-0.1, -0.05) is 60.7 Å². The van der Waals surface area contributed by atoms with E-state index in [1.807, 2.05) is 60.7 Å². The van der Waals surface area contributed by atoms with Crippen LogP contribution in [0.15, 0.2) is 66.1 Å². The lowest BCUT2D eigenvalue weighted by atomic mass is 10.2. The van der Waals surface area contributed by atoms with Gasteiger partial charge in [0.1, 0.15) is 0 Å². The molecule has 5 nitrogen and oxygen atoms in total. The molecule has 0 fully saturated rings. The van der Waals surface area contributed by atoms with E-state index in [-0.39, 0.29) is 18.9 Å². The first-order valence-electron chi connectivity index (χ1n) is 7.97. The number of benzene rings is 2. The predicted molar refractivity (Wildman–Crippen MR) is 99.9 cm³/mol. The molecule has 0 saturated heterocycles. The monoisotopic (exact) mass is 358 g/mol. The number of hydrogen-bond donors (Lipinski definition) is 1. The molecule has 6 heteroatoms. The number of nitrogens with one attached hydrogen (secondary N) is 1. The minimum atomic E-state index is -3.56. The molecule has 25 heavy (non-hydrogen) atoms. The molecule has 0 spiro atoms. The molecule has 0 aliphatic rings. The second-order valence-corrected chi connectivity index (χ2v) is 7.29. The van der Waals surface area contributed by atoms with Crippen LogP contribution in [-0.2, 0) is 21.4 Å². The Morgan fingerprint density at radius 3 is 2.28 bits per heavy atom. The number of carbonyl (C=O) groups is 1. The molecule has 0 atom stereocenters. The van der Waals surface area contributed by atoms with Gasteiger partial charge in [-0.15, -0.1) is 0 Å². The number of sulfonamides is 1. The SMILES string of the molecule is CN(Cc1ccccc1)C(=O)CCNS(=O)(=O)/C=C/c1ccccc1. The summed E-state index contributed by atoms with van der Waals surface area (Å²) in [5.41, 5.74) is 1.83. The minimum Gasteiger partial charge on any atom is -0.341 e. The summed E-state index contributed by atoms with van der Waals surface area (Å²) in [7, 11) is -1.85. The van der Waals surface area contributed by atoms with Crippen LogP contribution < -0.4 is 4.72 Å². The molecule has 0 heterocycles. The molecule has 0 unspecified atom stereocenters. The summed E-state index contributed by atoms with van der Waals surface area (Å²) in [6.45, 7) is 0.569. The molecule has 0 aromatic heterocycles. The Kier molecular flexibility index (Phi) is 6.91. The average Bonchev–Trinajstić information content (AvgIpc) is 2.61. The molecule has 0 saturated carbocycles. The lowest BCUT2D eigenvalue weighted by Crippen LogP contribution is -2.31. The fourth-order valence-corrected chi connectivity index (χ4v) is 3.04. The maximum Gasteiger partial charge on any atom is 0.233 e. The molecule has 1 amide bonds.